The summed E-state index contributed by atoms with van der Waals surface area (Å²) >= 11 is 6.17. The lowest BCUT2D eigenvalue weighted by Gasteiger charge is -2.35. The number of alkyl halides is 1. The molecular weight excluding hydrogens is 286 g/mol. The van der Waals surface area contributed by atoms with Gasteiger partial charge in [-0.15, -0.1) is 11.6 Å². The summed E-state index contributed by atoms with van der Waals surface area (Å²) in [7, 11) is 0. The number of para-hydroxylation sites is 1. The fourth-order valence-electron chi connectivity index (χ4n) is 3.38. The summed E-state index contributed by atoms with van der Waals surface area (Å²) in [6.07, 6.45) is 6.22. The Morgan fingerprint density at radius 1 is 1.29 bits per heavy atom. The average molecular weight is 308 g/mol. The van der Waals surface area contributed by atoms with Gasteiger partial charge in [0.2, 0.25) is 0 Å². The van der Waals surface area contributed by atoms with Crippen LogP contribution in [0.2, 0.25) is 0 Å². The number of ether oxygens (including phenoxy) is 1. The van der Waals surface area contributed by atoms with Crippen LogP contribution in [0.25, 0.3) is 0 Å². The predicted octanol–water partition coefficient (Wildman–Crippen LogP) is 3.30. The molecule has 3 nitrogen and oxygen atoms in total. The third kappa shape index (κ3) is 3.18. The molecular formula is C17H22ClNO2. The van der Waals surface area contributed by atoms with Crippen LogP contribution in [0, 0.1) is 5.41 Å². The van der Waals surface area contributed by atoms with Crippen molar-refractivity contribution < 1.29 is 9.53 Å². The fraction of sp³-hybridized carbons (Fsp3) is 0.588. The number of fused-ring (bicyclic) bond motifs is 1. The van der Waals surface area contributed by atoms with E-state index in [1.807, 2.05) is 24.3 Å². The highest BCUT2D eigenvalue weighted by Gasteiger charge is 2.34. The van der Waals surface area contributed by atoms with Gasteiger partial charge in [0.1, 0.15) is 5.75 Å². The lowest BCUT2D eigenvalue weighted by atomic mass is 9.75. The molecule has 1 N–H and O–H groups in total. The standard InChI is InChI=1S/C17H22ClNO2/c18-11-17(8-4-1-5-9-17)12-19-16(20)15-10-13-6-2-3-7-14(13)21-15/h2-3,6-7,15H,1,4-5,8-12H2,(H,19,20). The topological polar surface area (TPSA) is 38.3 Å². The van der Waals surface area contributed by atoms with Crippen molar-refractivity contribution in [1.82, 2.24) is 5.32 Å². The largest absolute Gasteiger partial charge is 0.480 e. The van der Waals surface area contributed by atoms with E-state index < -0.39 is 6.10 Å². The highest BCUT2D eigenvalue weighted by molar-refractivity contribution is 6.18. The van der Waals surface area contributed by atoms with Crippen molar-refractivity contribution in [2.45, 2.75) is 44.6 Å². The number of amides is 1. The SMILES string of the molecule is O=C(NCC1(CCl)CCCCC1)C1Cc2ccccc2O1. The van der Waals surface area contributed by atoms with Gasteiger partial charge >= 0.3 is 0 Å². The second-order valence-corrected chi connectivity index (χ2v) is 6.60. The second kappa shape index (κ2) is 6.27. The zero-order chi connectivity index (χ0) is 14.7. The second-order valence-electron chi connectivity index (χ2n) is 6.33. The van der Waals surface area contributed by atoms with Gasteiger partial charge in [0, 0.05) is 24.3 Å². The first kappa shape index (κ1) is 14.7. The minimum Gasteiger partial charge on any atom is -0.480 e. The van der Waals surface area contributed by atoms with Gasteiger partial charge in [-0.3, -0.25) is 4.79 Å². The number of halogens is 1. The molecule has 114 valence electrons. The minimum absolute atomic E-state index is 0.0127. The molecule has 0 aromatic heterocycles. The molecule has 1 aromatic carbocycles. The van der Waals surface area contributed by atoms with Crippen LogP contribution < -0.4 is 10.1 Å². The van der Waals surface area contributed by atoms with Crippen molar-refractivity contribution in [2.24, 2.45) is 5.41 Å². The quantitative estimate of drug-likeness (QED) is 0.867. The van der Waals surface area contributed by atoms with Crippen LogP contribution in [0.4, 0.5) is 0 Å². The van der Waals surface area contributed by atoms with Gasteiger partial charge in [-0.25, -0.2) is 0 Å². The van der Waals surface area contributed by atoms with Crippen LogP contribution in [-0.2, 0) is 11.2 Å². The molecule has 0 radical (unpaired) electrons. The van der Waals surface area contributed by atoms with Gasteiger partial charge in [-0.05, 0) is 24.5 Å². The van der Waals surface area contributed by atoms with Crippen molar-refractivity contribution in [2.75, 3.05) is 12.4 Å². The Morgan fingerprint density at radius 2 is 2.05 bits per heavy atom. The van der Waals surface area contributed by atoms with E-state index in [1.54, 1.807) is 0 Å². The summed E-state index contributed by atoms with van der Waals surface area (Å²) in [5, 5.41) is 3.07. The number of benzene rings is 1. The van der Waals surface area contributed by atoms with E-state index in [-0.39, 0.29) is 11.3 Å². The summed E-state index contributed by atoms with van der Waals surface area (Å²) in [6, 6.07) is 7.85. The van der Waals surface area contributed by atoms with E-state index in [1.165, 1.54) is 19.3 Å². The van der Waals surface area contributed by atoms with Crippen molar-refractivity contribution in [1.29, 1.82) is 0 Å². The van der Waals surface area contributed by atoms with Crippen LogP contribution in [0.3, 0.4) is 0 Å². The molecule has 3 rings (SSSR count). The molecule has 1 amide bonds. The highest BCUT2D eigenvalue weighted by Crippen LogP contribution is 2.37. The van der Waals surface area contributed by atoms with E-state index >= 15 is 0 Å². The molecule has 0 bridgehead atoms. The Bertz CT molecular complexity index is 486. The predicted molar refractivity (Wildman–Crippen MR) is 83.8 cm³/mol. The summed E-state index contributed by atoms with van der Waals surface area (Å²) in [5.74, 6) is 1.45. The lowest BCUT2D eigenvalue weighted by Crippen LogP contribution is -2.45. The Morgan fingerprint density at radius 3 is 2.76 bits per heavy atom. The Balaban J connectivity index is 1.55. The van der Waals surface area contributed by atoms with Crippen molar-refractivity contribution in [3.05, 3.63) is 29.8 Å². The van der Waals surface area contributed by atoms with E-state index in [2.05, 4.69) is 5.32 Å². The molecule has 1 aliphatic heterocycles. The molecule has 1 saturated carbocycles. The molecule has 2 aliphatic rings. The van der Waals surface area contributed by atoms with Crippen LogP contribution >= 0.6 is 11.6 Å². The molecule has 21 heavy (non-hydrogen) atoms. The van der Waals surface area contributed by atoms with Crippen molar-refractivity contribution >= 4 is 17.5 Å². The lowest BCUT2D eigenvalue weighted by molar-refractivity contribution is -0.127. The van der Waals surface area contributed by atoms with Crippen LogP contribution in [0.5, 0.6) is 5.75 Å². The Hall–Kier alpha value is -1.22. The maximum Gasteiger partial charge on any atom is 0.261 e. The van der Waals surface area contributed by atoms with E-state index in [0.717, 1.165) is 24.2 Å². The summed E-state index contributed by atoms with van der Waals surface area (Å²) < 4.78 is 5.73. The van der Waals surface area contributed by atoms with Crippen LogP contribution in [0.15, 0.2) is 24.3 Å². The highest BCUT2D eigenvalue weighted by atomic mass is 35.5. The van der Waals surface area contributed by atoms with Crippen LogP contribution in [-0.4, -0.2) is 24.4 Å². The summed E-state index contributed by atoms with van der Waals surface area (Å²) in [4.78, 5) is 12.3. The molecule has 1 unspecified atom stereocenters. The van der Waals surface area contributed by atoms with E-state index in [4.69, 9.17) is 16.3 Å². The van der Waals surface area contributed by atoms with Gasteiger partial charge in [0.05, 0.1) is 0 Å². The molecule has 0 spiro atoms. The van der Waals surface area contributed by atoms with E-state index in [0.29, 0.717) is 18.8 Å². The van der Waals surface area contributed by atoms with Gasteiger partial charge in [0.25, 0.3) is 5.91 Å². The minimum atomic E-state index is -0.390. The summed E-state index contributed by atoms with van der Waals surface area (Å²) in [5.41, 5.74) is 1.20. The number of hydrogen-bond donors (Lipinski definition) is 1. The fourth-order valence-corrected chi connectivity index (χ4v) is 3.74. The monoisotopic (exact) mass is 307 g/mol. The zero-order valence-corrected chi connectivity index (χ0v) is 13.0. The van der Waals surface area contributed by atoms with Crippen molar-refractivity contribution in [3.8, 4) is 5.75 Å². The first-order valence-electron chi connectivity index (χ1n) is 7.81. The van der Waals surface area contributed by atoms with E-state index in [9.17, 15) is 4.79 Å². The smallest absolute Gasteiger partial charge is 0.261 e. The maximum absolute atomic E-state index is 12.3. The first-order valence-corrected chi connectivity index (χ1v) is 8.34. The maximum atomic E-state index is 12.3. The number of carbonyl (C=O) groups is 1. The Kier molecular flexibility index (Phi) is 4.39. The normalized spacial score (nSPS) is 23.2. The number of nitrogens with one attached hydrogen (secondary N) is 1. The third-order valence-corrected chi connectivity index (χ3v) is 5.34. The number of carbonyl (C=O) groups excluding carboxylic acids is 1. The van der Waals surface area contributed by atoms with Gasteiger partial charge in [0.15, 0.2) is 6.10 Å². The van der Waals surface area contributed by atoms with Gasteiger partial charge in [-0.2, -0.15) is 0 Å². The molecule has 4 heteroatoms. The Labute approximate surface area is 131 Å². The first-order chi connectivity index (χ1) is 10.2. The number of rotatable bonds is 4. The average Bonchev–Trinajstić information content (AvgIpc) is 2.97. The third-order valence-electron chi connectivity index (χ3n) is 4.77. The van der Waals surface area contributed by atoms with Crippen molar-refractivity contribution in [3.63, 3.8) is 0 Å². The zero-order valence-electron chi connectivity index (χ0n) is 12.2. The molecule has 1 aliphatic carbocycles. The molecule has 1 atom stereocenters. The molecule has 1 heterocycles. The molecule has 1 aromatic rings. The number of hydrogen-bond acceptors (Lipinski definition) is 2. The van der Waals surface area contributed by atoms with Crippen LogP contribution in [0.1, 0.15) is 37.7 Å². The molecule has 0 saturated heterocycles. The van der Waals surface area contributed by atoms with Gasteiger partial charge in [-0.1, -0.05) is 37.5 Å². The van der Waals surface area contributed by atoms with Gasteiger partial charge < -0.3 is 10.1 Å². The summed E-state index contributed by atoms with van der Waals surface area (Å²) in [6.45, 7) is 0.672. The molecule has 1 fully saturated rings.